The van der Waals surface area contributed by atoms with Gasteiger partial charge in [-0.1, -0.05) is 18.2 Å². The Morgan fingerprint density at radius 1 is 0.806 bits per heavy atom. The van der Waals surface area contributed by atoms with Crippen molar-refractivity contribution in [1.29, 1.82) is 0 Å². The molecule has 36 heavy (non-hydrogen) atoms. The quantitative estimate of drug-likeness (QED) is 0.329. The van der Waals surface area contributed by atoms with Crippen LogP contribution < -0.4 is 29.9 Å². The lowest BCUT2D eigenvalue weighted by Gasteiger charge is -2.17. The fourth-order valence-corrected chi connectivity index (χ4v) is 4.13. The largest absolute Gasteiger partial charge is 0.497 e. The van der Waals surface area contributed by atoms with Crippen LogP contribution in [0.1, 0.15) is 0 Å². The molecule has 0 radical (unpaired) electrons. The molecule has 2 heterocycles. The van der Waals surface area contributed by atoms with E-state index in [9.17, 15) is 9.59 Å². The standard InChI is InChI=1S/C27H22N2O7/c1-32-17-10-11-18-19(14-17)36-26-22(23(18)30)27(31)29(16-8-6-5-7-9-16)25(28-26)15-12-20(33-2)24(35-4)21(13-15)34-3/h5-14H,1-4H3. The molecule has 0 N–H and O–H groups in total. The number of hydrogen-bond acceptors (Lipinski definition) is 8. The van der Waals surface area contributed by atoms with Gasteiger partial charge < -0.3 is 23.4 Å². The Balaban J connectivity index is 1.93. The van der Waals surface area contributed by atoms with Crippen molar-refractivity contribution in [2.24, 2.45) is 0 Å². The summed E-state index contributed by atoms with van der Waals surface area (Å²) in [5, 5.41) is 0.0926. The molecule has 0 fully saturated rings. The first-order valence-corrected chi connectivity index (χ1v) is 10.9. The van der Waals surface area contributed by atoms with E-state index in [4.69, 9.17) is 23.4 Å². The zero-order valence-corrected chi connectivity index (χ0v) is 20.0. The molecule has 9 heteroatoms. The second kappa shape index (κ2) is 9.10. The second-order valence-electron chi connectivity index (χ2n) is 7.80. The summed E-state index contributed by atoms with van der Waals surface area (Å²) in [4.78, 5) is 32.0. The summed E-state index contributed by atoms with van der Waals surface area (Å²) in [6.45, 7) is 0. The van der Waals surface area contributed by atoms with Crippen molar-refractivity contribution in [3.8, 4) is 40.1 Å². The Hall–Kier alpha value is -4.79. The molecule has 5 rings (SSSR count). The van der Waals surface area contributed by atoms with Crippen molar-refractivity contribution >= 4 is 22.1 Å². The van der Waals surface area contributed by atoms with Gasteiger partial charge in [-0.2, -0.15) is 4.98 Å². The summed E-state index contributed by atoms with van der Waals surface area (Å²) >= 11 is 0. The normalized spacial score (nSPS) is 11.0. The van der Waals surface area contributed by atoms with Gasteiger partial charge in [0.05, 0.1) is 39.5 Å². The molecule has 0 aliphatic carbocycles. The molecule has 2 aromatic heterocycles. The van der Waals surface area contributed by atoms with Gasteiger partial charge in [-0.3, -0.25) is 14.2 Å². The van der Waals surface area contributed by atoms with Crippen LogP contribution in [-0.2, 0) is 0 Å². The molecule has 3 aromatic carbocycles. The molecule has 0 spiro atoms. The minimum Gasteiger partial charge on any atom is -0.497 e. The summed E-state index contributed by atoms with van der Waals surface area (Å²) in [5.74, 6) is 1.88. The van der Waals surface area contributed by atoms with E-state index in [1.165, 1.54) is 33.0 Å². The van der Waals surface area contributed by atoms with Crippen molar-refractivity contribution in [3.63, 3.8) is 0 Å². The van der Waals surface area contributed by atoms with Crippen molar-refractivity contribution in [2.45, 2.75) is 0 Å². The van der Waals surface area contributed by atoms with Crippen LogP contribution >= 0.6 is 0 Å². The fraction of sp³-hybridized carbons (Fsp3) is 0.148. The molecule has 182 valence electrons. The van der Waals surface area contributed by atoms with Gasteiger partial charge in [0.2, 0.25) is 16.9 Å². The molecule has 9 nitrogen and oxygen atoms in total. The fourth-order valence-electron chi connectivity index (χ4n) is 4.13. The third-order valence-corrected chi connectivity index (χ3v) is 5.85. The van der Waals surface area contributed by atoms with Crippen LogP contribution in [0.3, 0.4) is 0 Å². The highest BCUT2D eigenvalue weighted by atomic mass is 16.5. The lowest BCUT2D eigenvalue weighted by molar-refractivity contribution is 0.324. The Morgan fingerprint density at radius 3 is 2.11 bits per heavy atom. The average molecular weight is 486 g/mol. The summed E-state index contributed by atoms with van der Waals surface area (Å²) in [7, 11) is 6.01. The maximum Gasteiger partial charge on any atom is 0.273 e. The van der Waals surface area contributed by atoms with Crippen molar-refractivity contribution in [1.82, 2.24) is 9.55 Å². The predicted octanol–water partition coefficient (Wildman–Crippen LogP) is 4.19. The van der Waals surface area contributed by atoms with Crippen molar-refractivity contribution < 1.29 is 23.4 Å². The highest BCUT2D eigenvalue weighted by Gasteiger charge is 2.23. The Labute approximate surface area is 205 Å². The van der Waals surface area contributed by atoms with Crippen molar-refractivity contribution in [3.05, 3.63) is 81.2 Å². The number of ether oxygens (including phenoxy) is 4. The summed E-state index contributed by atoms with van der Waals surface area (Å²) < 4.78 is 29.0. The first kappa shape index (κ1) is 23.0. The van der Waals surface area contributed by atoms with E-state index in [1.807, 2.05) is 6.07 Å². The molecule has 5 aromatic rings. The van der Waals surface area contributed by atoms with E-state index in [0.29, 0.717) is 34.2 Å². The summed E-state index contributed by atoms with van der Waals surface area (Å²) in [6, 6.07) is 17.1. The second-order valence-corrected chi connectivity index (χ2v) is 7.80. The maximum absolute atomic E-state index is 13.9. The monoisotopic (exact) mass is 486 g/mol. The van der Waals surface area contributed by atoms with E-state index in [1.54, 1.807) is 54.6 Å². The third-order valence-electron chi connectivity index (χ3n) is 5.85. The number of aromatic nitrogens is 2. The van der Waals surface area contributed by atoms with E-state index in [2.05, 4.69) is 4.98 Å². The van der Waals surface area contributed by atoms with Crippen LogP contribution in [-0.4, -0.2) is 38.0 Å². The minimum atomic E-state index is -0.568. The molecule has 0 saturated carbocycles. The SMILES string of the molecule is COc1ccc2c(=O)c3c(=O)n(-c4ccccc4)c(-c4cc(OC)c(OC)c(OC)c4)nc3oc2c1. The highest BCUT2D eigenvalue weighted by molar-refractivity contribution is 5.89. The van der Waals surface area contributed by atoms with Gasteiger partial charge in [-0.05, 0) is 36.4 Å². The molecular formula is C27H22N2O7. The molecule has 0 atom stereocenters. The Kier molecular flexibility index (Phi) is 5.81. The molecule has 0 saturated heterocycles. The molecule has 0 amide bonds. The highest BCUT2D eigenvalue weighted by Crippen LogP contribution is 2.41. The van der Waals surface area contributed by atoms with Gasteiger partial charge in [0.25, 0.3) is 5.56 Å². The average Bonchev–Trinajstić information content (AvgIpc) is 2.91. The maximum atomic E-state index is 13.9. The van der Waals surface area contributed by atoms with E-state index in [-0.39, 0.29) is 27.9 Å². The molecule has 0 unspecified atom stereocenters. The lowest BCUT2D eigenvalue weighted by atomic mass is 10.1. The number of hydrogen-bond donors (Lipinski definition) is 0. The number of para-hydroxylation sites is 1. The molecular weight excluding hydrogens is 464 g/mol. The minimum absolute atomic E-state index is 0.0957. The third kappa shape index (κ3) is 3.61. The van der Waals surface area contributed by atoms with Crippen LogP contribution in [0.4, 0.5) is 0 Å². The van der Waals surface area contributed by atoms with E-state index >= 15 is 0 Å². The molecule has 0 bridgehead atoms. The number of methoxy groups -OCH3 is 4. The molecule has 0 aliphatic rings. The van der Waals surface area contributed by atoms with Gasteiger partial charge in [0.15, 0.2) is 22.7 Å². The number of nitrogens with zero attached hydrogens (tertiary/aromatic N) is 2. The van der Waals surface area contributed by atoms with Gasteiger partial charge in [0.1, 0.15) is 11.3 Å². The molecule has 0 aliphatic heterocycles. The number of benzene rings is 3. The van der Waals surface area contributed by atoms with Crippen LogP contribution in [0.5, 0.6) is 23.0 Å². The van der Waals surface area contributed by atoms with Gasteiger partial charge in [0, 0.05) is 11.6 Å². The Bertz CT molecular complexity index is 1700. The first-order valence-electron chi connectivity index (χ1n) is 10.9. The van der Waals surface area contributed by atoms with Gasteiger partial charge in [-0.15, -0.1) is 0 Å². The summed E-state index contributed by atoms with van der Waals surface area (Å²) in [5.41, 5.74) is 0.123. The van der Waals surface area contributed by atoms with E-state index in [0.717, 1.165) is 0 Å². The van der Waals surface area contributed by atoms with Crippen molar-refractivity contribution in [2.75, 3.05) is 28.4 Å². The van der Waals surface area contributed by atoms with Crippen LogP contribution in [0.2, 0.25) is 0 Å². The zero-order chi connectivity index (χ0) is 25.4. The van der Waals surface area contributed by atoms with E-state index < -0.39 is 11.0 Å². The number of fused-ring (bicyclic) bond motifs is 2. The van der Waals surface area contributed by atoms with Crippen LogP contribution in [0.15, 0.2) is 74.7 Å². The number of rotatable bonds is 6. The van der Waals surface area contributed by atoms with Gasteiger partial charge >= 0.3 is 0 Å². The first-order chi connectivity index (χ1) is 17.5. The van der Waals surface area contributed by atoms with Gasteiger partial charge in [-0.25, -0.2) is 0 Å². The predicted molar refractivity (Wildman–Crippen MR) is 135 cm³/mol. The smallest absolute Gasteiger partial charge is 0.273 e. The Morgan fingerprint density at radius 2 is 1.50 bits per heavy atom. The lowest BCUT2D eigenvalue weighted by Crippen LogP contribution is -2.26. The van der Waals surface area contributed by atoms with Crippen LogP contribution in [0, 0.1) is 0 Å². The summed E-state index contributed by atoms with van der Waals surface area (Å²) in [6.07, 6.45) is 0. The zero-order valence-electron chi connectivity index (χ0n) is 20.0. The van der Waals surface area contributed by atoms with Crippen LogP contribution in [0.25, 0.3) is 39.1 Å². The topological polar surface area (TPSA) is 102 Å².